The first-order valence-corrected chi connectivity index (χ1v) is 6.57. The third-order valence-corrected chi connectivity index (χ3v) is 2.63. The molecule has 0 spiro atoms. The fourth-order valence-corrected chi connectivity index (χ4v) is 1.59. The second-order valence-electron chi connectivity index (χ2n) is 4.23. The Morgan fingerprint density at radius 2 is 2.05 bits per heavy atom. The normalized spacial score (nSPS) is 11.9. The topological polar surface area (TPSA) is 92.7 Å². The van der Waals surface area contributed by atoms with Crippen LogP contribution >= 0.6 is 0 Å². The van der Waals surface area contributed by atoms with E-state index in [0.717, 1.165) is 12.1 Å². The number of hydrogen-bond acceptors (Lipinski definition) is 4. The van der Waals surface area contributed by atoms with E-state index in [1.54, 1.807) is 6.92 Å². The van der Waals surface area contributed by atoms with Gasteiger partial charge in [0.2, 0.25) is 0 Å². The number of benzene rings is 1. The molecule has 0 saturated carbocycles. The number of carbonyl (C=O) groups is 3. The second-order valence-corrected chi connectivity index (χ2v) is 4.23. The van der Waals surface area contributed by atoms with Gasteiger partial charge in [-0.15, -0.1) is 0 Å². The molecular formula is C15H16FNO5. The first-order valence-electron chi connectivity index (χ1n) is 6.57. The number of aliphatic carboxylic acids is 1. The maximum Gasteiger partial charge on any atom is 0.330 e. The van der Waals surface area contributed by atoms with Crippen molar-refractivity contribution in [3.63, 3.8) is 0 Å². The van der Waals surface area contributed by atoms with Gasteiger partial charge >= 0.3 is 11.9 Å². The second kappa shape index (κ2) is 8.56. The molecule has 0 aliphatic heterocycles. The van der Waals surface area contributed by atoms with Crippen molar-refractivity contribution in [2.45, 2.75) is 19.4 Å². The van der Waals surface area contributed by atoms with Gasteiger partial charge < -0.3 is 15.2 Å². The van der Waals surface area contributed by atoms with Crippen LogP contribution < -0.4 is 5.32 Å². The predicted molar refractivity (Wildman–Crippen MR) is 75.7 cm³/mol. The van der Waals surface area contributed by atoms with Crippen LogP contribution in [-0.4, -0.2) is 35.6 Å². The Bertz CT molecular complexity index is 585. The molecule has 118 valence electrons. The number of halogens is 1. The molecule has 0 saturated heterocycles. The molecule has 1 atom stereocenters. The van der Waals surface area contributed by atoms with Gasteiger partial charge in [0.15, 0.2) is 0 Å². The standard InChI is InChI=1S/C15H16FNO5/c1-2-22-13(18)9-5-8-12(15(20)21)17-14(19)10-6-3-4-7-11(10)16/h3-7,9,12H,2,8H2,1H3,(H,17,19)(H,20,21)/b9-5+/t12-/m0/s1. The fraction of sp³-hybridized carbons (Fsp3) is 0.267. The number of rotatable bonds is 7. The summed E-state index contributed by atoms with van der Waals surface area (Å²) in [4.78, 5) is 34.0. The predicted octanol–water partition coefficient (Wildman–Crippen LogP) is 1.52. The summed E-state index contributed by atoms with van der Waals surface area (Å²) in [5.74, 6) is -3.48. The van der Waals surface area contributed by atoms with Crippen molar-refractivity contribution in [1.29, 1.82) is 0 Å². The van der Waals surface area contributed by atoms with E-state index in [1.165, 1.54) is 24.3 Å². The molecule has 0 bridgehead atoms. The molecule has 6 nitrogen and oxygen atoms in total. The molecule has 0 fully saturated rings. The lowest BCUT2D eigenvalue weighted by Crippen LogP contribution is -2.40. The highest BCUT2D eigenvalue weighted by Crippen LogP contribution is 2.07. The van der Waals surface area contributed by atoms with Crippen LogP contribution in [0.3, 0.4) is 0 Å². The minimum absolute atomic E-state index is 0.131. The zero-order valence-electron chi connectivity index (χ0n) is 11.9. The Morgan fingerprint density at radius 1 is 1.36 bits per heavy atom. The number of nitrogens with one attached hydrogen (secondary N) is 1. The molecule has 0 aromatic heterocycles. The van der Waals surface area contributed by atoms with Gasteiger partial charge in [0, 0.05) is 6.08 Å². The zero-order chi connectivity index (χ0) is 16.5. The maximum absolute atomic E-state index is 13.5. The lowest BCUT2D eigenvalue weighted by atomic mass is 10.1. The van der Waals surface area contributed by atoms with E-state index < -0.39 is 29.7 Å². The molecule has 0 heterocycles. The van der Waals surface area contributed by atoms with Gasteiger partial charge in [-0.3, -0.25) is 4.79 Å². The van der Waals surface area contributed by atoms with Gasteiger partial charge in [-0.05, 0) is 25.5 Å². The number of esters is 1. The number of ether oxygens (including phenoxy) is 1. The number of carboxylic acid groups (broad SMARTS) is 1. The largest absolute Gasteiger partial charge is 0.480 e. The third kappa shape index (κ3) is 5.35. The Hall–Kier alpha value is -2.70. The first-order chi connectivity index (χ1) is 10.5. The van der Waals surface area contributed by atoms with Crippen molar-refractivity contribution in [2.75, 3.05) is 6.61 Å². The Balaban J connectivity index is 2.69. The summed E-state index contributed by atoms with van der Waals surface area (Å²) in [7, 11) is 0. The molecule has 0 radical (unpaired) electrons. The quantitative estimate of drug-likeness (QED) is 0.588. The van der Waals surface area contributed by atoms with E-state index in [9.17, 15) is 18.8 Å². The van der Waals surface area contributed by atoms with Crippen LogP contribution in [-0.2, 0) is 14.3 Å². The maximum atomic E-state index is 13.5. The van der Waals surface area contributed by atoms with Crippen LogP contribution in [0.4, 0.5) is 4.39 Å². The Kier molecular flexibility index (Phi) is 6.75. The van der Waals surface area contributed by atoms with Crippen molar-refractivity contribution < 1.29 is 28.6 Å². The molecule has 0 aliphatic carbocycles. The van der Waals surface area contributed by atoms with Crippen LogP contribution in [0.2, 0.25) is 0 Å². The van der Waals surface area contributed by atoms with E-state index in [4.69, 9.17) is 5.11 Å². The van der Waals surface area contributed by atoms with Gasteiger partial charge in [0.05, 0.1) is 12.2 Å². The van der Waals surface area contributed by atoms with Crippen LogP contribution in [0.25, 0.3) is 0 Å². The number of carbonyl (C=O) groups excluding carboxylic acids is 2. The first kappa shape index (κ1) is 17.4. The average molecular weight is 309 g/mol. The summed E-state index contributed by atoms with van der Waals surface area (Å²) in [6, 6.07) is 3.96. The van der Waals surface area contributed by atoms with Crippen LogP contribution in [0.15, 0.2) is 36.4 Å². The van der Waals surface area contributed by atoms with E-state index in [0.29, 0.717) is 0 Å². The molecule has 1 aromatic carbocycles. The summed E-state index contributed by atoms with van der Waals surface area (Å²) < 4.78 is 18.1. The Labute approximate surface area is 126 Å². The average Bonchev–Trinajstić information content (AvgIpc) is 2.46. The lowest BCUT2D eigenvalue weighted by molar-refractivity contribution is -0.139. The highest BCUT2D eigenvalue weighted by molar-refractivity contribution is 5.96. The van der Waals surface area contributed by atoms with Gasteiger partial charge in [0.1, 0.15) is 11.9 Å². The van der Waals surface area contributed by atoms with Crippen molar-refractivity contribution in [2.24, 2.45) is 0 Å². The van der Waals surface area contributed by atoms with Gasteiger partial charge in [-0.25, -0.2) is 14.0 Å². The summed E-state index contributed by atoms with van der Waals surface area (Å²) in [5.41, 5.74) is -0.247. The summed E-state index contributed by atoms with van der Waals surface area (Å²) in [6.07, 6.45) is 2.22. The Morgan fingerprint density at radius 3 is 2.64 bits per heavy atom. The fourth-order valence-electron chi connectivity index (χ4n) is 1.59. The molecule has 22 heavy (non-hydrogen) atoms. The molecule has 0 unspecified atom stereocenters. The highest BCUT2D eigenvalue weighted by atomic mass is 19.1. The van der Waals surface area contributed by atoms with Crippen LogP contribution in [0, 0.1) is 5.82 Å². The molecule has 0 aliphatic rings. The van der Waals surface area contributed by atoms with Crippen molar-refractivity contribution in [1.82, 2.24) is 5.32 Å². The molecule has 1 rings (SSSR count). The van der Waals surface area contributed by atoms with Gasteiger partial charge in [-0.2, -0.15) is 0 Å². The minimum atomic E-state index is -1.29. The molecule has 1 aromatic rings. The van der Waals surface area contributed by atoms with Crippen LogP contribution in [0.1, 0.15) is 23.7 Å². The van der Waals surface area contributed by atoms with Crippen molar-refractivity contribution in [3.8, 4) is 0 Å². The van der Waals surface area contributed by atoms with E-state index in [-0.39, 0.29) is 18.6 Å². The summed E-state index contributed by atoms with van der Waals surface area (Å²) in [6.45, 7) is 1.84. The number of amides is 1. The van der Waals surface area contributed by atoms with E-state index in [1.807, 2.05) is 0 Å². The lowest BCUT2D eigenvalue weighted by Gasteiger charge is -2.12. The third-order valence-electron chi connectivity index (χ3n) is 2.63. The monoisotopic (exact) mass is 309 g/mol. The number of hydrogen-bond donors (Lipinski definition) is 2. The highest BCUT2D eigenvalue weighted by Gasteiger charge is 2.21. The summed E-state index contributed by atoms with van der Waals surface area (Å²) >= 11 is 0. The smallest absolute Gasteiger partial charge is 0.330 e. The SMILES string of the molecule is CCOC(=O)/C=C/C[C@H](NC(=O)c1ccccc1F)C(=O)O. The zero-order valence-corrected chi connectivity index (χ0v) is 11.9. The summed E-state index contributed by atoms with van der Waals surface area (Å²) in [5, 5.41) is 11.2. The van der Waals surface area contributed by atoms with Crippen LogP contribution in [0.5, 0.6) is 0 Å². The van der Waals surface area contributed by atoms with E-state index in [2.05, 4.69) is 10.1 Å². The molecule has 1 amide bonds. The molecule has 7 heteroatoms. The number of carboxylic acids is 1. The molecular weight excluding hydrogens is 293 g/mol. The van der Waals surface area contributed by atoms with Gasteiger partial charge in [0.25, 0.3) is 5.91 Å². The van der Waals surface area contributed by atoms with Crippen molar-refractivity contribution in [3.05, 3.63) is 47.8 Å². The molecule has 2 N–H and O–H groups in total. The van der Waals surface area contributed by atoms with E-state index >= 15 is 0 Å². The minimum Gasteiger partial charge on any atom is -0.480 e. The van der Waals surface area contributed by atoms with Gasteiger partial charge in [-0.1, -0.05) is 18.2 Å². The van der Waals surface area contributed by atoms with Crippen molar-refractivity contribution >= 4 is 17.8 Å².